The summed E-state index contributed by atoms with van der Waals surface area (Å²) in [7, 11) is 0. The van der Waals surface area contributed by atoms with Crippen molar-refractivity contribution in [3.05, 3.63) is 39.6 Å². The fourth-order valence-corrected chi connectivity index (χ4v) is 2.29. The average Bonchev–Trinajstić information content (AvgIpc) is 2.60. The molecule has 1 aliphatic heterocycles. The molecule has 2 nitrogen and oxygen atoms in total. The second kappa shape index (κ2) is 5.19. The van der Waals surface area contributed by atoms with Crippen molar-refractivity contribution >= 4 is 29.0 Å². The smallest absolute Gasteiger partial charge is 0.238 e. The fourth-order valence-electron chi connectivity index (χ4n) is 1.80. The van der Waals surface area contributed by atoms with E-state index in [0.717, 1.165) is 29.9 Å². The van der Waals surface area contributed by atoms with Gasteiger partial charge in [0.15, 0.2) is 5.76 Å². The fraction of sp³-hybridized carbons (Fsp3) is 0.385. The van der Waals surface area contributed by atoms with Gasteiger partial charge in [0.25, 0.3) is 0 Å². The first-order valence-electron chi connectivity index (χ1n) is 5.63. The maximum absolute atomic E-state index is 6.17. The topological polar surface area (TPSA) is 18.5 Å². The van der Waals surface area contributed by atoms with Crippen molar-refractivity contribution in [3.63, 3.8) is 0 Å². The molecule has 0 amide bonds. The molecular formula is C13H14Cl2O2. The summed E-state index contributed by atoms with van der Waals surface area (Å²) < 4.78 is 11.3. The monoisotopic (exact) mass is 272 g/mol. The molecule has 1 atom stereocenters. The Bertz CT molecular complexity index is 455. The highest BCUT2D eigenvalue weighted by Crippen LogP contribution is 2.36. The van der Waals surface area contributed by atoms with E-state index in [9.17, 15) is 0 Å². The van der Waals surface area contributed by atoms with Crippen LogP contribution in [0.15, 0.2) is 24.0 Å². The highest BCUT2D eigenvalue weighted by atomic mass is 35.5. The van der Waals surface area contributed by atoms with E-state index in [2.05, 4.69) is 6.92 Å². The lowest BCUT2D eigenvalue weighted by Crippen LogP contribution is -2.01. The minimum Gasteiger partial charge on any atom is -0.456 e. The average molecular weight is 273 g/mol. The third-order valence-electron chi connectivity index (χ3n) is 2.50. The van der Waals surface area contributed by atoms with Crippen LogP contribution in [-0.4, -0.2) is 6.29 Å². The van der Waals surface area contributed by atoms with Crippen LogP contribution >= 0.6 is 23.2 Å². The van der Waals surface area contributed by atoms with Gasteiger partial charge in [-0.3, -0.25) is 0 Å². The van der Waals surface area contributed by atoms with Gasteiger partial charge in [-0.1, -0.05) is 30.1 Å². The van der Waals surface area contributed by atoms with Crippen molar-refractivity contribution in [2.75, 3.05) is 0 Å². The molecule has 4 heteroatoms. The molecule has 0 radical (unpaired) electrons. The zero-order valence-electron chi connectivity index (χ0n) is 9.80. The summed E-state index contributed by atoms with van der Waals surface area (Å²) in [6.45, 7) is 3.97. The second-order valence-corrected chi connectivity index (χ2v) is 4.77. The van der Waals surface area contributed by atoms with Crippen molar-refractivity contribution in [1.82, 2.24) is 0 Å². The van der Waals surface area contributed by atoms with Crippen LogP contribution in [-0.2, 0) is 9.47 Å². The van der Waals surface area contributed by atoms with Crippen LogP contribution in [0.2, 0.25) is 10.0 Å². The summed E-state index contributed by atoms with van der Waals surface area (Å²) in [5.41, 5.74) is 0.837. The van der Waals surface area contributed by atoms with E-state index < -0.39 is 0 Å². The van der Waals surface area contributed by atoms with Crippen LogP contribution in [0.25, 0.3) is 5.76 Å². The third-order valence-corrected chi connectivity index (χ3v) is 3.05. The lowest BCUT2D eigenvalue weighted by atomic mass is 10.1. The molecule has 17 heavy (non-hydrogen) atoms. The van der Waals surface area contributed by atoms with Gasteiger partial charge in [-0.25, -0.2) is 0 Å². The Hall–Kier alpha value is -0.860. The van der Waals surface area contributed by atoms with E-state index in [1.807, 2.05) is 13.0 Å². The van der Waals surface area contributed by atoms with Gasteiger partial charge in [-0.05, 0) is 24.6 Å². The highest BCUT2D eigenvalue weighted by molar-refractivity contribution is 6.35. The lowest BCUT2D eigenvalue weighted by Gasteiger charge is -2.07. The number of allylic oxidation sites excluding steroid dienone is 1. The number of hydrogen-bond donors (Lipinski definition) is 0. The van der Waals surface area contributed by atoms with Crippen LogP contribution in [0.4, 0.5) is 0 Å². The van der Waals surface area contributed by atoms with Gasteiger partial charge < -0.3 is 9.47 Å². The first kappa shape index (κ1) is 12.6. The number of rotatable bonds is 3. The largest absolute Gasteiger partial charge is 0.456 e. The molecular weight excluding hydrogens is 259 g/mol. The standard InChI is InChI=1S/C13H14Cl2O2/c1-3-4-12-13(17-8(2)16-12)10-6-5-9(14)7-11(10)15/h5-8H,3-4H2,1-2H3. The molecule has 0 saturated heterocycles. The van der Waals surface area contributed by atoms with Crippen molar-refractivity contribution in [1.29, 1.82) is 0 Å². The summed E-state index contributed by atoms with van der Waals surface area (Å²) in [4.78, 5) is 0. The molecule has 0 aliphatic carbocycles. The Morgan fingerprint density at radius 2 is 2.00 bits per heavy atom. The molecule has 0 N–H and O–H groups in total. The molecule has 0 fully saturated rings. The SMILES string of the molecule is CCCC1=C(c2ccc(Cl)cc2Cl)OC(C)O1. The normalized spacial score (nSPS) is 19.2. The van der Waals surface area contributed by atoms with Crippen LogP contribution < -0.4 is 0 Å². The molecule has 0 aromatic heterocycles. The van der Waals surface area contributed by atoms with Crippen molar-refractivity contribution in [2.45, 2.75) is 33.0 Å². The van der Waals surface area contributed by atoms with Gasteiger partial charge in [0.2, 0.25) is 6.29 Å². The Labute approximate surface area is 111 Å². The molecule has 2 rings (SSSR count). The van der Waals surface area contributed by atoms with E-state index in [4.69, 9.17) is 32.7 Å². The summed E-state index contributed by atoms with van der Waals surface area (Å²) in [5, 5.41) is 1.20. The highest BCUT2D eigenvalue weighted by Gasteiger charge is 2.25. The lowest BCUT2D eigenvalue weighted by molar-refractivity contribution is -0.0106. The number of halogens is 2. The summed E-state index contributed by atoms with van der Waals surface area (Å²) in [6.07, 6.45) is 1.59. The van der Waals surface area contributed by atoms with Crippen LogP contribution in [0.5, 0.6) is 0 Å². The number of hydrogen-bond acceptors (Lipinski definition) is 2. The maximum Gasteiger partial charge on any atom is 0.238 e. The predicted octanol–water partition coefficient (Wildman–Crippen LogP) is 4.85. The second-order valence-electron chi connectivity index (χ2n) is 3.93. The van der Waals surface area contributed by atoms with Gasteiger partial charge in [0.1, 0.15) is 5.76 Å². The quantitative estimate of drug-likeness (QED) is 0.783. The van der Waals surface area contributed by atoms with Gasteiger partial charge in [-0.15, -0.1) is 0 Å². The molecule has 1 aliphatic rings. The number of benzene rings is 1. The Balaban J connectivity index is 2.39. The van der Waals surface area contributed by atoms with Crippen LogP contribution in [0.1, 0.15) is 32.3 Å². The molecule has 1 aromatic carbocycles. The molecule has 1 heterocycles. The first-order chi connectivity index (χ1) is 8.11. The molecule has 0 bridgehead atoms. The first-order valence-corrected chi connectivity index (χ1v) is 6.39. The molecule has 1 unspecified atom stereocenters. The molecule has 0 saturated carbocycles. The van der Waals surface area contributed by atoms with E-state index >= 15 is 0 Å². The van der Waals surface area contributed by atoms with Crippen molar-refractivity contribution in [3.8, 4) is 0 Å². The van der Waals surface area contributed by atoms with Crippen LogP contribution in [0, 0.1) is 0 Å². The van der Waals surface area contributed by atoms with Crippen molar-refractivity contribution < 1.29 is 9.47 Å². The minimum atomic E-state index is -0.252. The summed E-state index contributed by atoms with van der Waals surface area (Å²) in [6, 6.07) is 5.37. The van der Waals surface area contributed by atoms with Crippen molar-refractivity contribution in [2.24, 2.45) is 0 Å². The van der Waals surface area contributed by atoms with E-state index in [-0.39, 0.29) is 6.29 Å². The van der Waals surface area contributed by atoms with Gasteiger partial charge >= 0.3 is 0 Å². The molecule has 92 valence electrons. The Morgan fingerprint density at radius 1 is 1.24 bits per heavy atom. The predicted molar refractivity (Wildman–Crippen MR) is 69.9 cm³/mol. The van der Waals surface area contributed by atoms with E-state index in [1.165, 1.54) is 0 Å². The van der Waals surface area contributed by atoms with E-state index in [0.29, 0.717) is 10.0 Å². The van der Waals surface area contributed by atoms with Gasteiger partial charge in [0, 0.05) is 23.9 Å². The third kappa shape index (κ3) is 2.70. The zero-order chi connectivity index (χ0) is 12.4. The Kier molecular flexibility index (Phi) is 3.85. The van der Waals surface area contributed by atoms with E-state index in [1.54, 1.807) is 12.1 Å². The number of ether oxygens (including phenoxy) is 2. The zero-order valence-corrected chi connectivity index (χ0v) is 11.3. The molecule has 0 spiro atoms. The summed E-state index contributed by atoms with van der Waals surface area (Å²) in [5.74, 6) is 1.60. The van der Waals surface area contributed by atoms with Gasteiger partial charge in [-0.2, -0.15) is 0 Å². The van der Waals surface area contributed by atoms with Gasteiger partial charge in [0.05, 0.1) is 5.02 Å². The molecule has 1 aromatic rings. The maximum atomic E-state index is 6.17. The Morgan fingerprint density at radius 3 is 2.65 bits per heavy atom. The summed E-state index contributed by atoms with van der Waals surface area (Å²) >= 11 is 12.0. The van der Waals surface area contributed by atoms with Crippen LogP contribution in [0.3, 0.4) is 0 Å². The minimum absolute atomic E-state index is 0.252.